The molecule has 8 nitrogen and oxygen atoms in total. The van der Waals surface area contributed by atoms with Crippen LogP contribution in [0.2, 0.25) is 0 Å². The Kier molecular flexibility index (Phi) is 7.33. The lowest BCUT2D eigenvalue weighted by Crippen LogP contribution is -2.14. The molecule has 11 heteroatoms. The van der Waals surface area contributed by atoms with Crippen LogP contribution in [0.1, 0.15) is 35.7 Å². The highest BCUT2D eigenvalue weighted by atomic mass is 32.2. The van der Waals surface area contributed by atoms with Gasteiger partial charge in [-0.05, 0) is 30.5 Å². The van der Waals surface area contributed by atoms with Gasteiger partial charge in [-0.25, -0.2) is 4.98 Å². The van der Waals surface area contributed by atoms with E-state index in [-0.39, 0.29) is 6.04 Å². The zero-order valence-electron chi connectivity index (χ0n) is 17.8. The summed E-state index contributed by atoms with van der Waals surface area (Å²) in [7, 11) is -4.31. The van der Waals surface area contributed by atoms with E-state index >= 15 is 0 Å². The molecule has 4 aromatic rings. The van der Waals surface area contributed by atoms with Crippen LogP contribution in [0.5, 0.6) is 0 Å². The molecule has 4 rings (SSSR count). The van der Waals surface area contributed by atoms with Crippen LogP contribution in [0.15, 0.2) is 60.0 Å². The quantitative estimate of drug-likeness (QED) is 0.255. The smallest absolute Gasteiger partial charge is 0.351 e. The minimum atomic E-state index is -4.31. The van der Waals surface area contributed by atoms with E-state index in [4.69, 9.17) is 9.54 Å². The summed E-state index contributed by atoms with van der Waals surface area (Å²) in [6.07, 6.45) is 2.50. The number of nitrogens with one attached hydrogen (secondary N) is 2. The molecular formula is C22H23N5O3S3. The molecule has 0 radical (unpaired) electrons. The standard InChI is InChI=1S/C22H23N5O3S3/c1-2-6-20-25-26-22(32-20)24-18(13-15-9-11-17(12-10-15)27-33(28,29)30)19-14-31-21(23-19)16-7-4-3-5-8-16/h3-5,7-12,14,18,27H,2,6,13H2,1H3,(H,24,26)(H,28,29,30)/t18-/m0/s1. The minimum absolute atomic E-state index is 0.151. The molecule has 0 aliphatic carbocycles. The number of thiazole rings is 1. The molecule has 3 N–H and O–H groups in total. The Morgan fingerprint density at radius 3 is 2.52 bits per heavy atom. The summed E-state index contributed by atoms with van der Waals surface area (Å²) in [5.41, 5.74) is 3.22. The van der Waals surface area contributed by atoms with Gasteiger partial charge in [0.15, 0.2) is 0 Å². The first kappa shape index (κ1) is 23.3. The maximum Gasteiger partial charge on any atom is 0.357 e. The van der Waals surface area contributed by atoms with Crippen molar-refractivity contribution < 1.29 is 13.0 Å². The molecule has 0 amide bonds. The SMILES string of the molecule is CCCc1nnc(N[C@@H](Cc2ccc(NS(=O)(=O)O)cc2)c2csc(-c3ccccc3)n2)s1. The van der Waals surface area contributed by atoms with Crippen molar-refractivity contribution in [2.24, 2.45) is 0 Å². The maximum absolute atomic E-state index is 11.0. The first-order chi connectivity index (χ1) is 15.9. The van der Waals surface area contributed by atoms with Gasteiger partial charge in [-0.3, -0.25) is 9.27 Å². The van der Waals surface area contributed by atoms with Gasteiger partial charge >= 0.3 is 10.3 Å². The predicted octanol–water partition coefficient (Wildman–Crippen LogP) is 5.22. The summed E-state index contributed by atoms with van der Waals surface area (Å²) in [6.45, 7) is 2.11. The summed E-state index contributed by atoms with van der Waals surface area (Å²) < 4.78 is 33.1. The van der Waals surface area contributed by atoms with Gasteiger partial charge in [-0.2, -0.15) is 8.42 Å². The summed E-state index contributed by atoms with van der Waals surface area (Å²) in [5.74, 6) is 0. The van der Waals surface area contributed by atoms with Gasteiger partial charge in [0.25, 0.3) is 0 Å². The zero-order chi connectivity index (χ0) is 23.3. The number of aromatic nitrogens is 3. The third-order valence-electron chi connectivity index (χ3n) is 4.77. The van der Waals surface area contributed by atoms with Gasteiger partial charge in [-0.1, -0.05) is 60.7 Å². The number of nitrogens with zero attached hydrogens (tertiary/aromatic N) is 3. The fourth-order valence-electron chi connectivity index (χ4n) is 3.26. The van der Waals surface area contributed by atoms with E-state index < -0.39 is 10.3 Å². The number of aryl methyl sites for hydroxylation is 1. The Balaban J connectivity index is 1.58. The van der Waals surface area contributed by atoms with Crippen molar-refractivity contribution in [1.29, 1.82) is 0 Å². The molecule has 0 fully saturated rings. The highest BCUT2D eigenvalue weighted by molar-refractivity contribution is 7.87. The highest BCUT2D eigenvalue weighted by Gasteiger charge is 2.19. The van der Waals surface area contributed by atoms with E-state index in [1.165, 1.54) is 0 Å². The molecule has 2 aromatic heterocycles. The van der Waals surface area contributed by atoms with Crippen molar-refractivity contribution in [3.63, 3.8) is 0 Å². The van der Waals surface area contributed by atoms with Crippen LogP contribution < -0.4 is 10.0 Å². The lowest BCUT2D eigenvalue weighted by atomic mass is 10.0. The van der Waals surface area contributed by atoms with Crippen molar-refractivity contribution in [3.8, 4) is 10.6 Å². The average Bonchev–Trinajstić information content (AvgIpc) is 3.44. The zero-order valence-corrected chi connectivity index (χ0v) is 20.3. The Bertz CT molecular complexity index is 1290. The Labute approximate surface area is 200 Å². The number of hydrogen-bond donors (Lipinski definition) is 3. The lowest BCUT2D eigenvalue weighted by Gasteiger charge is -2.16. The first-order valence-corrected chi connectivity index (χ1v) is 13.5. The van der Waals surface area contributed by atoms with Crippen molar-refractivity contribution in [2.75, 3.05) is 10.0 Å². The molecule has 2 aromatic carbocycles. The van der Waals surface area contributed by atoms with Crippen molar-refractivity contribution in [1.82, 2.24) is 15.2 Å². The number of hydrogen-bond acceptors (Lipinski definition) is 8. The molecule has 0 unspecified atom stereocenters. The van der Waals surface area contributed by atoms with Crippen LogP contribution in [-0.2, 0) is 23.1 Å². The van der Waals surface area contributed by atoms with Crippen LogP contribution in [0.25, 0.3) is 10.6 Å². The van der Waals surface area contributed by atoms with Crippen LogP contribution in [-0.4, -0.2) is 28.2 Å². The Hall–Kier alpha value is -2.86. The van der Waals surface area contributed by atoms with Crippen LogP contribution in [0.3, 0.4) is 0 Å². The van der Waals surface area contributed by atoms with Crippen LogP contribution >= 0.6 is 22.7 Å². The summed E-state index contributed by atoms with van der Waals surface area (Å²) in [6, 6.07) is 16.7. The lowest BCUT2D eigenvalue weighted by molar-refractivity contribution is 0.489. The van der Waals surface area contributed by atoms with Gasteiger partial charge < -0.3 is 5.32 Å². The molecule has 1 atom stereocenters. The molecule has 0 aliphatic heterocycles. The van der Waals surface area contributed by atoms with Gasteiger partial charge in [0.05, 0.1) is 17.4 Å². The van der Waals surface area contributed by atoms with E-state index in [0.29, 0.717) is 12.1 Å². The summed E-state index contributed by atoms with van der Waals surface area (Å²) >= 11 is 3.13. The number of anilines is 2. The summed E-state index contributed by atoms with van der Waals surface area (Å²) in [4.78, 5) is 4.87. The predicted molar refractivity (Wildman–Crippen MR) is 133 cm³/mol. The molecule has 2 heterocycles. The highest BCUT2D eigenvalue weighted by Crippen LogP contribution is 2.31. The average molecular weight is 502 g/mol. The monoisotopic (exact) mass is 501 g/mol. The van der Waals surface area contributed by atoms with Gasteiger partial charge in [-0.15, -0.1) is 21.5 Å². The summed E-state index contributed by atoms with van der Waals surface area (Å²) in [5, 5.41) is 16.7. The number of rotatable bonds is 10. The van der Waals surface area contributed by atoms with Gasteiger partial charge in [0.2, 0.25) is 5.13 Å². The third kappa shape index (κ3) is 6.57. The fraction of sp³-hybridized carbons (Fsp3) is 0.227. The van der Waals surface area contributed by atoms with E-state index in [0.717, 1.165) is 44.8 Å². The molecule has 0 spiro atoms. The van der Waals surface area contributed by atoms with Crippen LogP contribution in [0, 0.1) is 0 Å². The molecule has 172 valence electrons. The Morgan fingerprint density at radius 2 is 1.82 bits per heavy atom. The molecule has 0 bridgehead atoms. The minimum Gasteiger partial charge on any atom is -0.351 e. The van der Waals surface area contributed by atoms with Crippen LogP contribution in [0.4, 0.5) is 10.8 Å². The van der Waals surface area contributed by atoms with Crippen molar-refractivity contribution in [2.45, 2.75) is 32.2 Å². The number of benzene rings is 2. The molecule has 33 heavy (non-hydrogen) atoms. The second-order valence-electron chi connectivity index (χ2n) is 7.37. The van der Waals surface area contributed by atoms with E-state index in [1.54, 1.807) is 34.8 Å². The molecule has 0 saturated heterocycles. The van der Waals surface area contributed by atoms with Crippen molar-refractivity contribution >= 4 is 43.8 Å². The normalized spacial score (nSPS) is 12.4. The topological polar surface area (TPSA) is 117 Å². The van der Waals surface area contributed by atoms with Gasteiger partial charge in [0.1, 0.15) is 10.0 Å². The maximum atomic E-state index is 11.0. The van der Waals surface area contributed by atoms with Crippen molar-refractivity contribution in [3.05, 3.63) is 76.2 Å². The van der Waals surface area contributed by atoms with E-state index in [2.05, 4.69) is 27.2 Å². The third-order valence-corrected chi connectivity index (χ3v) is 7.09. The van der Waals surface area contributed by atoms with E-state index in [9.17, 15) is 8.42 Å². The van der Waals surface area contributed by atoms with Gasteiger partial charge in [0, 0.05) is 17.4 Å². The largest absolute Gasteiger partial charge is 0.357 e. The fourth-order valence-corrected chi connectivity index (χ4v) is 5.47. The molecule has 0 saturated carbocycles. The molecular weight excluding hydrogens is 478 g/mol. The second-order valence-corrected chi connectivity index (χ2v) is 10.4. The molecule has 0 aliphatic rings. The first-order valence-electron chi connectivity index (χ1n) is 10.3. The Morgan fingerprint density at radius 1 is 1.06 bits per heavy atom. The second kappa shape index (κ2) is 10.4. The van der Waals surface area contributed by atoms with E-state index in [1.807, 2.05) is 47.8 Å².